The summed E-state index contributed by atoms with van der Waals surface area (Å²) in [4.78, 5) is 35.0. The zero-order valence-electron chi connectivity index (χ0n) is 21.8. The van der Waals surface area contributed by atoms with Crippen LogP contribution >= 0.6 is 0 Å². The van der Waals surface area contributed by atoms with E-state index in [0.717, 1.165) is 0 Å². The van der Waals surface area contributed by atoms with E-state index in [4.69, 9.17) is 14.2 Å². The lowest BCUT2D eigenvalue weighted by Gasteiger charge is -2.12. The molecule has 0 radical (unpaired) electrons. The van der Waals surface area contributed by atoms with Gasteiger partial charge in [0.25, 0.3) is 11.4 Å². The molecule has 3 aromatic heterocycles. The van der Waals surface area contributed by atoms with E-state index in [-0.39, 0.29) is 29.4 Å². The number of fused-ring (bicyclic) bond motifs is 1. The summed E-state index contributed by atoms with van der Waals surface area (Å²) >= 11 is 0. The number of methoxy groups -OCH3 is 2. The Kier molecular flexibility index (Phi) is 7.24. The molecule has 3 heterocycles. The fraction of sp³-hybridized carbons (Fsp3) is 0.133. The molecule has 0 aliphatic heterocycles. The maximum Gasteiger partial charge on any atom is 0.266 e. The number of halogens is 2. The van der Waals surface area contributed by atoms with Crippen molar-refractivity contribution >= 4 is 16.8 Å². The molecule has 10 heteroatoms. The van der Waals surface area contributed by atoms with Crippen LogP contribution in [-0.2, 0) is 6.42 Å². The average Bonchev–Trinajstić information content (AvgIpc) is 2.94. The minimum absolute atomic E-state index is 0.0220. The van der Waals surface area contributed by atoms with Crippen molar-refractivity contribution in [3.05, 3.63) is 112 Å². The second kappa shape index (κ2) is 10.9. The maximum absolute atomic E-state index is 15.1. The quantitative estimate of drug-likeness (QED) is 0.235. The summed E-state index contributed by atoms with van der Waals surface area (Å²) < 4.78 is 46.0. The Balaban J connectivity index is 1.40. The van der Waals surface area contributed by atoms with E-state index in [1.54, 1.807) is 31.2 Å². The Bertz CT molecular complexity index is 1800. The summed E-state index contributed by atoms with van der Waals surface area (Å²) in [5, 5.41) is 0. The lowest BCUT2D eigenvalue weighted by molar-refractivity contribution is 0.0990. The summed E-state index contributed by atoms with van der Waals surface area (Å²) in [5.41, 5.74) is 1.50. The third-order valence-electron chi connectivity index (χ3n) is 6.29. The first kappa shape index (κ1) is 26.5. The van der Waals surface area contributed by atoms with E-state index in [2.05, 4.69) is 9.97 Å². The third kappa shape index (κ3) is 5.11. The number of ketones is 1. The van der Waals surface area contributed by atoms with Crippen LogP contribution in [-0.4, -0.2) is 34.5 Å². The molecule has 0 saturated heterocycles. The van der Waals surface area contributed by atoms with Gasteiger partial charge in [-0.3, -0.25) is 19.1 Å². The molecule has 5 rings (SSSR count). The topological polar surface area (TPSA) is 92.5 Å². The fourth-order valence-corrected chi connectivity index (χ4v) is 4.29. The van der Waals surface area contributed by atoms with E-state index in [1.165, 1.54) is 67.6 Å². The minimum atomic E-state index is -0.704. The van der Waals surface area contributed by atoms with E-state index in [1.807, 2.05) is 0 Å². The normalized spacial score (nSPS) is 10.9. The van der Waals surface area contributed by atoms with Gasteiger partial charge in [-0.1, -0.05) is 6.07 Å². The van der Waals surface area contributed by atoms with Crippen molar-refractivity contribution in [2.45, 2.75) is 13.3 Å². The van der Waals surface area contributed by atoms with E-state index in [9.17, 15) is 14.0 Å². The Morgan fingerprint density at radius 3 is 2.40 bits per heavy atom. The van der Waals surface area contributed by atoms with Gasteiger partial charge in [-0.15, -0.1) is 0 Å². The number of carbonyl (C=O) groups is 1. The van der Waals surface area contributed by atoms with Gasteiger partial charge < -0.3 is 14.2 Å². The van der Waals surface area contributed by atoms with Crippen LogP contribution in [0.1, 0.15) is 21.5 Å². The number of nitrogens with zero attached hydrogens (tertiary/aromatic N) is 3. The number of Topliss-reactive ketones (excluding diaryl/α,β-unsaturated/α-hetero) is 1. The van der Waals surface area contributed by atoms with Crippen LogP contribution in [0.2, 0.25) is 0 Å². The number of ether oxygens (including phenoxy) is 3. The highest BCUT2D eigenvalue weighted by Gasteiger charge is 2.19. The number of aromatic nitrogens is 3. The Morgan fingerprint density at radius 2 is 1.70 bits per heavy atom. The first-order chi connectivity index (χ1) is 19.3. The van der Waals surface area contributed by atoms with Gasteiger partial charge in [-0.25, -0.2) is 13.8 Å². The van der Waals surface area contributed by atoms with Gasteiger partial charge in [-0.2, -0.15) is 0 Å². The molecule has 202 valence electrons. The molecule has 0 N–H and O–H groups in total. The van der Waals surface area contributed by atoms with Gasteiger partial charge in [-0.05, 0) is 60.5 Å². The maximum atomic E-state index is 15.1. The molecule has 0 atom stereocenters. The number of pyridine rings is 3. The minimum Gasteiger partial charge on any atom is -0.491 e. The lowest BCUT2D eigenvalue weighted by atomic mass is 10.0. The Hall–Kier alpha value is -5.12. The fourth-order valence-electron chi connectivity index (χ4n) is 4.29. The first-order valence-electron chi connectivity index (χ1n) is 12.1. The zero-order valence-corrected chi connectivity index (χ0v) is 21.8. The summed E-state index contributed by atoms with van der Waals surface area (Å²) in [6, 6.07) is 14.3. The largest absolute Gasteiger partial charge is 0.491 e. The highest BCUT2D eigenvalue weighted by molar-refractivity contribution is 5.98. The molecule has 5 aromatic rings. The molecule has 2 aromatic carbocycles. The van der Waals surface area contributed by atoms with Crippen molar-refractivity contribution in [2.24, 2.45) is 0 Å². The van der Waals surface area contributed by atoms with E-state index in [0.29, 0.717) is 33.6 Å². The molecule has 8 nitrogen and oxygen atoms in total. The molecule has 0 bridgehead atoms. The van der Waals surface area contributed by atoms with Crippen molar-refractivity contribution in [1.82, 2.24) is 14.5 Å². The summed E-state index contributed by atoms with van der Waals surface area (Å²) in [7, 11) is 2.93. The predicted molar refractivity (Wildman–Crippen MR) is 144 cm³/mol. The summed E-state index contributed by atoms with van der Waals surface area (Å²) in [5.74, 6) is -0.857. The lowest BCUT2D eigenvalue weighted by Crippen LogP contribution is -2.27. The van der Waals surface area contributed by atoms with Gasteiger partial charge in [0.1, 0.15) is 11.3 Å². The molecule has 0 unspecified atom stereocenters. The molecule has 0 fully saturated rings. The molecule has 0 aliphatic carbocycles. The molecule has 0 aliphatic rings. The highest BCUT2D eigenvalue weighted by atomic mass is 19.1. The number of hydrogen-bond acceptors (Lipinski definition) is 7. The number of aryl methyl sites for hydroxylation is 1. The second-order valence-electron chi connectivity index (χ2n) is 8.87. The van der Waals surface area contributed by atoms with Crippen LogP contribution in [0.4, 0.5) is 8.78 Å². The molecule has 40 heavy (non-hydrogen) atoms. The summed E-state index contributed by atoms with van der Waals surface area (Å²) in [6.07, 6.45) is 2.81. The molecule has 0 spiro atoms. The van der Waals surface area contributed by atoms with Crippen molar-refractivity contribution in [3.8, 4) is 28.8 Å². The van der Waals surface area contributed by atoms with E-state index < -0.39 is 23.0 Å². The van der Waals surface area contributed by atoms with Crippen molar-refractivity contribution in [3.63, 3.8) is 0 Å². The predicted octanol–water partition coefficient (Wildman–Crippen LogP) is 5.60. The number of benzene rings is 2. The van der Waals surface area contributed by atoms with Crippen molar-refractivity contribution < 1.29 is 27.8 Å². The first-order valence-corrected chi connectivity index (χ1v) is 12.1. The SMILES string of the molecule is COc1cc2nccc(Oc3ccc(CC(=O)c4c(C)ccn(-c5ccc(F)cc5)c4=O)cc3F)c2nc1OC. The van der Waals surface area contributed by atoms with E-state index >= 15 is 4.39 Å². The van der Waals surface area contributed by atoms with Crippen LogP contribution in [0.15, 0.2) is 77.9 Å². The average molecular weight is 544 g/mol. The van der Waals surface area contributed by atoms with Gasteiger partial charge in [0, 0.05) is 36.6 Å². The Labute approximate surface area is 227 Å². The standard InChI is InChI=1S/C30H23F2N3O5/c1-17-11-13-35(20-7-5-19(31)6-8-20)30(37)27(17)23(36)15-18-4-9-24(21(32)14-18)40-25-10-12-33-22-16-26(38-2)29(39-3)34-28(22)25/h4-14,16H,15H2,1-3H3. The smallest absolute Gasteiger partial charge is 0.266 e. The van der Waals surface area contributed by atoms with Crippen LogP contribution in [0.25, 0.3) is 16.7 Å². The third-order valence-corrected chi connectivity index (χ3v) is 6.29. The monoisotopic (exact) mass is 543 g/mol. The van der Waals surface area contributed by atoms with Gasteiger partial charge in [0.05, 0.1) is 25.3 Å². The zero-order chi connectivity index (χ0) is 28.4. The number of carbonyl (C=O) groups excluding carboxylic acids is 1. The van der Waals surface area contributed by atoms with Crippen LogP contribution < -0.4 is 19.8 Å². The molecule has 0 amide bonds. The van der Waals surface area contributed by atoms with Crippen LogP contribution in [0.5, 0.6) is 23.1 Å². The number of hydrogen-bond donors (Lipinski definition) is 0. The van der Waals surface area contributed by atoms with Crippen molar-refractivity contribution in [1.29, 1.82) is 0 Å². The molecular weight excluding hydrogens is 520 g/mol. The van der Waals surface area contributed by atoms with Gasteiger partial charge in [0.2, 0.25) is 0 Å². The van der Waals surface area contributed by atoms with Crippen LogP contribution in [0.3, 0.4) is 0 Å². The van der Waals surface area contributed by atoms with Crippen molar-refractivity contribution in [2.75, 3.05) is 14.2 Å². The number of rotatable bonds is 8. The molecule has 0 saturated carbocycles. The second-order valence-corrected chi connectivity index (χ2v) is 8.87. The highest BCUT2D eigenvalue weighted by Crippen LogP contribution is 2.34. The van der Waals surface area contributed by atoms with Gasteiger partial charge in [0.15, 0.2) is 28.8 Å². The van der Waals surface area contributed by atoms with Gasteiger partial charge >= 0.3 is 0 Å². The molecular formula is C30H23F2N3O5. The Morgan fingerprint density at radius 1 is 0.925 bits per heavy atom. The summed E-state index contributed by atoms with van der Waals surface area (Å²) in [6.45, 7) is 1.65. The van der Waals surface area contributed by atoms with Crippen LogP contribution in [0, 0.1) is 18.6 Å².